The third kappa shape index (κ3) is 3.15. The van der Waals surface area contributed by atoms with Crippen molar-refractivity contribution in [2.75, 3.05) is 13.2 Å². The molecule has 0 radical (unpaired) electrons. The van der Waals surface area contributed by atoms with Crippen molar-refractivity contribution in [2.24, 2.45) is 45.4 Å². The van der Waals surface area contributed by atoms with Crippen molar-refractivity contribution >= 4 is 29.7 Å². The van der Waals surface area contributed by atoms with Gasteiger partial charge < -0.3 is 10.6 Å². The number of hydrogen-bond acceptors (Lipinski definition) is 5. The van der Waals surface area contributed by atoms with E-state index in [0.29, 0.717) is 55.3 Å². The third-order valence-corrected chi connectivity index (χ3v) is 8.41. The molecule has 0 aromatic carbocycles. The Morgan fingerprint density at radius 2 is 1.89 bits per heavy atom. The number of nitrogens with two attached hydrogens (primary N) is 1. The van der Waals surface area contributed by atoms with Crippen molar-refractivity contribution in [3.8, 4) is 0 Å². The van der Waals surface area contributed by atoms with Gasteiger partial charge in [-0.1, -0.05) is 19.0 Å². The van der Waals surface area contributed by atoms with Gasteiger partial charge in [0.15, 0.2) is 0 Å². The summed E-state index contributed by atoms with van der Waals surface area (Å²) in [5.41, 5.74) is 6.37. The first-order valence-electron chi connectivity index (χ1n) is 10.3. The quantitative estimate of drug-likeness (QED) is 0.584. The summed E-state index contributed by atoms with van der Waals surface area (Å²) in [6.07, 6.45) is 7.13. The molecule has 4 aliphatic carbocycles. The SMILES string of the molecule is C[C@]12CC/C(=N/OCCN)CC1C(=O)C[C@@H]1[C@@H]2CC[C@]2(C)C(=O)CC[C@@H]12.Cl. The van der Waals surface area contributed by atoms with Crippen molar-refractivity contribution in [1.29, 1.82) is 0 Å². The number of halogens is 1. The largest absolute Gasteiger partial charge is 0.395 e. The highest BCUT2D eigenvalue weighted by atomic mass is 35.5. The molecule has 152 valence electrons. The van der Waals surface area contributed by atoms with E-state index in [1.165, 1.54) is 0 Å². The van der Waals surface area contributed by atoms with Crippen LogP contribution in [0.15, 0.2) is 5.16 Å². The molecule has 0 aromatic rings. The molecule has 0 aliphatic heterocycles. The van der Waals surface area contributed by atoms with Crippen LogP contribution in [0.25, 0.3) is 0 Å². The fourth-order valence-electron chi connectivity index (χ4n) is 6.89. The van der Waals surface area contributed by atoms with Crippen molar-refractivity contribution in [2.45, 2.75) is 65.2 Å². The topological polar surface area (TPSA) is 81.8 Å². The predicted octanol–water partition coefficient (Wildman–Crippen LogP) is 3.53. The summed E-state index contributed by atoms with van der Waals surface area (Å²) in [7, 11) is 0. The minimum absolute atomic E-state index is 0. The van der Waals surface area contributed by atoms with Crippen LogP contribution in [0.4, 0.5) is 0 Å². The predicted molar refractivity (Wildman–Crippen MR) is 107 cm³/mol. The molecule has 6 atom stereocenters. The molecular formula is C21H33ClN2O3. The average molecular weight is 397 g/mol. The third-order valence-electron chi connectivity index (χ3n) is 8.41. The number of Topliss-reactive ketones (excluding diaryl/α,β-unsaturated/α-hetero) is 2. The van der Waals surface area contributed by atoms with Crippen LogP contribution < -0.4 is 5.73 Å². The lowest BCUT2D eigenvalue weighted by atomic mass is 9.45. The van der Waals surface area contributed by atoms with Gasteiger partial charge in [-0.3, -0.25) is 9.59 Å². The molecule has 2 N–H and O–H groups in total. The van der Waals surface area contributed by atoms with Gasteiger partial charge in [-0.25, -0.2) is 0 Å². The van der Waals surface area contributed by atoms with Crippen LogP contribution in [0, 0.1) is 34.5 Å². The molecule has 0 bridgehead atoms. The second-order valence-corrected chi connectivity index (χ2v) is 9.51. The number of nitrogens with zero attached hydrogens (tertiary/aromatic N) is 1. The van der Waals surface area contributed by atoms with Crippen molar-refractivity contribution < 1.29 is 14.4 Å². The number of rotatable bonds is 3. The lowest BCUT2D eigenvalue weighted by molar-refractivity contribution is -0.152. The molecule has 0 spiro atoms. The molecule has 6 heteroatoms. The number of oxime groups is 1. The maximum absolute atomic E-state index is 13.1. The van der Waals surface area contributed by atoms with E-state index in [1.807, 2.05) is 0 Å². The Balaban J connectivity index is 0.00000210. The summed E-state index contributed by atoms with van der Waals surface area (Å²) in [6, 6.07) is 0. The normalized spacial score (nSPS) is 44.9. The van der Waals surface area contributed by atoms with Gasteiger partial charge in [0.1, 0.15) is 18.2 Å². The molecule has 4 aliphatic rings. The van der Waals surface area contributed by atoms with Gasteiger partial charge in [0.05, 0.1) is 5.71 Å². The highest BCUT2D eigenvalue weighted by Gasteiger charge is 2.62. The first-order valence-corrected chi connectivity index (χ1v) is 10.3. The number of fused-ring (bicyclic) bond motifs is 5. The zero-order valence-electron chi connectivity index (χ0n) is 16.5. The van der Waals surface area contributed by atoms with Crippen molar-refractivity contribution in [3.63, 3.8) is 0 Å². The maximum atomic E-state index is 13.1. The molecule has 4 saturated carbocycles. The molecule has 0 saturated heterocycles. The van der Waals surface area contributed by atoms with E-state index in [9.17, 15) is 9.59 Å². The molecule has 0 aromatic heterocycles. The summed E-state index contributed by atoms with van der Waals surface area (Å²) >= 11 is 0. The molecule has 0 heterocycles. The minimum atomic E-state index is -0.165. The van der Waals surface area contributed by atoms with E-state index in [1.54, 1.807) is 0 Å². The Labute approximate surface area is 168 Å². The van der Waals surface area contributed by atoms with Crippen LogP contribution in [0.3, 0.4) is 0 Å². The Hall–Kier alpha value is -0.940. The van der Waals surface area contributed by atoms with Crippen LogP contribution in [0.2, 0.25) is 0 Å². The second-order valence-electron chi connectivity index (χ2n) is 9.51. The van der Waals surface area contributed by atoms with Gasteiger partial charge in [-0.15, -0.1) is 12.4 Å². The Morgan fingerprint density at radius 3 is 2.63 bits per heavy atom. The fraction of sp³-hybridized carbons (Fsp3) is 0.857. The summed E-state index contributed by atoms with van der Waals surface area (Å²) in [5.74, 6) is 2.29. The minimum Gasteiger partial charge on any atom is -0.395 e. The molecular weight excluding hydrogens is 364 g/mol. The lowest BCUT2D eigenvalue weighted by Gasteiger charge is -2.58. The van der Waals surface area contributed by atoms with Gasteiger partial charge >= 0.3 is 0 Å². The summed E-state index contributed by atoms with van der Waals surface area (Å²) in [6.45, 7) is 5.39. The first-order chi connectivity index (χ1) is 12.4. The molecule has 5 nitrogen and oxygen atoms in total. The Morgan fingerprint density at radius 1 is 1.11 bits per heavy atom. The van der Waals surface area contributed by atoms with Crippen LogP contribution in [0.5, 0.6) is 0 Å². The number of carbonyl (C=O) groups is 2. The van der Waals surface area contributed by atoms with E-state index in [2.05, 4.69) is 19.0 Å². The molecule has 1 unspecified atom stereocenters. The molecule has 0 amide bonds. The lowest BCUT2D eigenvalue weighted by Crippen LogP contribution is -2.56. The number of carbonyl (C=O) groups excluding carboxylic acids is 2. The Bertz CT molecular complexity index is 651. The van der Waals surface area contributed by atoms with Crippen molar-refractivity contribution in [3.05, 3.63) is 0 Å². The second kappa shape index (κ2) is 7.47. The summed E-state index contributed by atoms with van der Waals surface area (Å²) in [4.78, 5) is 30.9. The van der Waals surface area contributed by atoms with Gasteiger partial charge in [-0.05, 0) is 61.7 Å². The number of hydrogen-bond donors (Lipinski definition) is 1. The van der Waals surface area contributed by atoms with Crippen LogP contribution >= 0.6 is 12.4 Å². The maximum Gasteiger partial charge on any atom is 0.139 e. The van der Waals surface area contributed by atoms with Crippen molar-refractivity contribution in [1.82, 2.24) is 0 Å². The fourth-order valence-corrected chi connectivity index (χ4v) is 6.89. The van der Waals surface area contributed by atoms with E-state index < -0.39 is 0 Å². The summed E-state index contributed by atoms with van der Waals surface area (Å²) < 4.78 is 0. The van der Waals surface area contributed by atoms with Gasteiger partial charge in [-0.2, -0.15) is 0 Å². The number of ketones is 2. The highest BCUT2D eigenvalue weighted by Crippen LogP contribution is 2.64. The van der Waals surface area contributed by atoms with E-state index >= 15 is 0 Å². The highest BCUT2D eigenvalue weighted by molar-refractivity contribution is 5.93. The van der Waals surface area contributed by atoms with E-state index in [0.717, 1.165) is 44.2 Å². The van der Waals surface area contributed by atoms with E-state index in [4.69, 9.17) is 10.6 Å². The van der Waals surface area contributed by atoms with Crippen LogP contribution in [-0.4, -0.2) is 30.4 Å². The molecule has 4 fully saturated rings. The van der Waals surface area contributed by atoms with Gasteiger partial charge in [0.25, 0.3) is 0 Å². The standard InChI is InChI=1S/C21H32N2O3.ClH/c1-20-7-5-13(23-26-10-9-22)11-17(20)18(24)12-14-15-3-4-19(25)21(15,2)8-6-16(14)20;/h14-17H,3-12,22H2,1-2H3;1H/b23-13-;/t14-,15-,16-,17?,20+,21-;/m0./s1. The smallest absolute Gasteiger partial charge is 0.139 e. The molecule has 27 heavy (non-hydrogen) atoms. The zero-order valence-corrected chi connectivity index (χ0v) is 17.4. The Kier molecular flexibility index (Phi) is 5.75. The van der Waals surface area contributed by atoms with Crippen LogP contribution in [0.1, 0.15) is 65.2 Å². The van der Waals surface area contributed by atoms with E-state index in [-0.39, 0.29) is 29.2 Å². The molecule has 4 rings (SSSR count). The van der Waals surface area contributed by atoms with Gasteiger partial charge in [0, 0.05) is 30.7 Å². The van der Waals surface area contributed by atoms with Gasteiger partial charge in [0.2, 0.25) is 0 Å². The zero-order chi connectivity index (χ0) is 18.5. The first kappa shape index (κ1) is 20.8. The summed E-state index contributed by atoms with van der Waals surface area (Å²) in [5, 5.41) is 4.25. The van der Waals surface area contributed by atoms with Crippen LogP contribution in [-0.2, 0) is 14.4 Å². The average Bonchev–Trinajstić information content (AvgIpc) is 2.92. The monoisotopic (exact) mass is 396 g/mol.